The molecule has 2 aromatic carbocycles. The van der Waals surface area contributed by atoms with Crippen LogP contribution in [0, 0.1) is 0 Å². The molecule has 0 radical (unpaired) electrons. The predicted octanol–water partition coefficient (Wildman–Crippen LogP) is 5.20. The van der Waals surface area contributed by atoms with E-state index in [1.165, 1.54) is 34.6 Å². The van der Waals surface area contributed by atoms with Crippen molar-refractivity contribution >= 4 is 33.4 Å². The van der Waals surface area contributed by atoms with Crippen LogP contribution in [0.5, 0.6) is 0 Å². The number of unbranched alkanes of at least 4 members (excludes halogenated alkanes) is 2. The Balaban J connectivity index is 2.04. The molecule has 0 aliphatic rings. The van der Waals surface area contributed by atoms with Gasteiger partial charge >= 0.3 is 0 Å². The molecule has 0 fully saturated rings. The molecule has 0 unspecified atom stereocenters. The number of aromatic nitrogens is 1. The first-order valence-corrected chi connectivity index (χ1v) is 7.47. The Morgan fingerprint density at radius 2 is 1.32 bits per heavy atom. The summed E-state index contributed by atoms with van der Waals surface area (Å²) in [7, 11) is 0. The van der Waals surface area contributed by atoms with Crippen LogP contribution in [0.3, 0.4) is 0 Å². The van der Waals surface area contributed by atoms with Crippen molar-refractivity contribution in [2.24, 2.45) is 0 Å². The normalized spacial score (nSPS) is 11.4. The zero-order chi connectivity index (χ0) is 13.1. The van der Waals surface area contributed by atoms with E-state index in [4.69, 9.17) is 11.6 Å². The minimum atomic E-state index is 0.771. The van der Waals surface area contributed by atoms with Gasteiger partial charge in [0.05, 0.1) is 0 Å². The second kappa shape index (κ2) is 5.66. The maximum atomic E-state index is 5.75. The monoisotopic (exact) mass is 271 g/mol. The number of fused-ring (bicyclic) bond motifs is 3. The van der Waals surface area contributed by atoms with Crippen LogP contribution < -0.4 is 0 Å². The van der Waals surface area contributed by atoms with Gasteiger partial charge < -0.3 is 4.57 Å². The van der Waals surface area contributed by atoms with Crippen molar-refractivity contribution in [2.75, 3.05) is 5.88 Å². The number of benzene rings is 2. The molecule has 0 aliphatic heterocycles. The Morgan fingerprint density at radius 3 is 1.89 bits per heavy atom. The van der Waals surface area contributed by atoms with Crippen molar-refractivity contribution in [2.45, 2.75) is 25.8 Å². The van der Waals surface area contributed by atoms with Gasteiger partial charge in [0.15, 0.2) is 0 Å². The molecular formula is C17H18ClN. The van der Waals surface area contributed by atoms with E-state index in [1.54, 1.807) is 0 Å². The summed E-state index contributed by atoms with van der Waals surface area (Å²) in [6, 6.07) is 17.3. The van der Waals surface area contributed by atoms with Crippen LogP contribution in [-0.4, -0.2) is 10.4 Å². The molecule has 0 saturated carbocycles. The fraction of sp³-hybridized carbons (Fsp3) is 0.294. The molecule has 3 aromatic rings. The SMILES string of the molecule is ClCCCCCn1c2ccccc2c2ccccc21. The molecular weight excluding hydrogens is 254 g/mol. The number of hydrogen-bond acceptors (Lipinski definition) is 0. The van der Waals surface area contributed by atoms with Gasteiger partial charge in [0.1, 0.15) is 0 Å². The van der Waals surface area contributed by atoms with Crippen molar-refractivity contribution in [1.82, 2.24) is 4.57 Å². The number of nitrogens with zero attached hydrogens (tertiary/aromatic N) is 1. The van der Waals surface area contributed by atoms with E-state index in [1.807, 2.05) is 0 Å². The van der Waals surface area contributed by atoms with Crippen LogP contribution in [0.4, 0.5) is 0 Å². The Morgan fingerprint density at radius 1 is 0.737 bits per heavy atom. The summed E-state index contributed by atoms with van der Waals surface area (Å²) in [6.07, 6.45) is 3.50. The first-order chi connectivity index (χ1) is 9.42. The molecule has 2 heteroatoms. The van der Waals surface area contributed by atoms with Crippen molar-refractivity contribution in [3.05, 3.63) is 48.5 Å². The molecule has 98 valence electrons. The van der Waals surface area contributed by atoms with Gasteiger partial charge in [0.2, 0.25) is 0 Å². The molecule has 1 heterocycles. The lowest BCUT2D eigenvalue weighted by Gasteiger charge is -2.06. The standard InChI is InChI=1S/C17H18ClN/c18-12-6-1-7-13-19-16-10-4-2-8-14(16)15-9-3-5-11-17(15)19/h2-5,8-11H,1,6-7,12-13H2. The molecule has 0 atom stereocenters. The third kappa shape index (κ3) is 2.35. The van der Waals surface area contributed by atoms with E-state index in [0.29, 0.717) is 0 Å². The number of halogens is 1. The zero-order valence-corrected chi connectivity index (χ0v) is 11.7. The highest BCUT2D eigenvalue weighted by molar-refractivity contribution is 6.17. The molecule has 0 spiro atoms. The van der Waals surface area contributed by atoms with Gasteiger partial charge in [-0.15, -0.1) is 11.6 Å². The van der Waals surface area contributed by atoms with E-state index in [-0.39, 0.29) is 0 Å². The molecule has 0 saturated heterocycles. The Labute approximate surface area is 118 Å². The predicted molar refractivity (Wildman–Crippen MR) is 84.0 cm³/mol. The minimum Gasteiger partial charge on any atom is -0.340 e. The highest BCUT2D eigenvalue weighted by Gasteiger charge is 2.08. The molecule has 0 amide bonds. The number of hydrogen-bond donors (Lipinski definition) is 0. The Kier molecular flexibility index (Phi) is 3.74. The third-order valence-electron chi connectivity index (χ3n) is 3.70. The average Bonchev–Trinajstić information content (AvgIpc) is 2.78. The van der Waals surface area contributed by atoms with E-state index in [0.717, 1.165) is 18.8 Å². The number of aryl methyl sites for hydroxylation is 1. The first kappa shape index (κ1) is 12.6. The zero-order valence-electron chi connectivity index (χ0n) is 11.0. The summed E-state index contributed by atoms with van der Waals surface area (Å²) in [5.74, 6) is 0.771. The van der Waals surface area contributed by atoms with E-state index in [9.17, 15) is 0 Å². The lowest BCUT2D eigenvalue weighted by atomic mass is 10.2. The summed E-state index contributed by atoms with van der Waals surface area (Å²) < 4.78 is 2.44. The Bertz CT molecular complexity index is 631. The number of alkyl halides is 1. The maximum Gasteiger partial charge on any atom is 0.0491 e. The van der Waals surface area contributed by atoms with Gasteiger partial charge in [-0.1, -0.05) is 42.8 Å². The fourth-order valence-corrected chi connectivity index (χ4v) is 2.97. The van der Waals surface area contributed by atoms with Crippen molar-refractivity contribution in [3.63, 3.8) is 0 Å². The summed E-state index contributed by atoms with van der Waals surface area (Å²) in [5.41, 5.74) is 2.68. The second-order valence-electron chi connectivity index (χ2n) is 4.94. The lowest BCUT2D eigenvalue weighted by molar-refractivity contribution is 0.629. The van der Waals surface area contributed by atoms with Crippen molar-refractivity contribution < 1.29 is 0 Å². The van der Waals surface area contributed by atoms with Gasteiger partial charge in [0.25, 0.3) is 0 Å². The van der Waals surface area contributed by atoms with Crippen LogP contribution in [0.1, 0.15) is 19.3 Å². The summed E-state index contributed by atoms with van der Waals surface area (Å²) >= 11 is 5.75. The molecule has 0 bridgehead atoms. The van der Waals surface area contributed by atoms with Crippen LogP contribution >= 0.6 is 11.6 Å². The average molecular weight is 272 g/mol. The highest BCUT2D eigenvalue weighted by atomic mass is 35.5. The fourth-order valence-electron chi connectivity index (χ4n) is 2.79. The maximum absolute atomic E-state index is 5.75. The Hall–Kier alpha value is -1.47. The van der Waals surface area contributed by atoms with Gasteiger partial charge in [-0.2, -0.15) is 0 Å². The molecule has 19 heavy (non-hydrogen) atoms. The number of para-hydroxylation sites is 2. The largest absolute Gasteiger partial charge is 0.340 e. The van der Waals surface area contributed by atoms with E-state index < -0.39 is 0 Å². The summed E-state index contributed by atoms with van der Waals surface area (Å²) in [5, 5.41) is 2.71. The first-order valence-electron chi connectivity index (χ1n) is 6.94. The van der Waals surface area contributed by atoms with Crippen LogP contribution in [0.15, 0.2) is 48.5 Å². The van der Waals surface area contributed by atoms with E-state index in [2.05, 4.69) is 53.1 Å². The van der Waals surface area contributed by atoms with Crippen molar-refractivity contribution in [3.8, 4) is 0 Å². The highest BCUT2D eigenvalue weighted by Crippen LogP contribution is 2.28. The lowest BCUT2D eigenvalue weighted by Crippen LogP contribution is -1.97. The van der Waals surface area contributed by atoms with Gasteiger partial charge in [-0.05, 0) is 25.0 Å². The van der Waals surface area contributed by atoms with Crippen molar-refractivity contribution in [1.29, 1.82) is 0 Å². The topological polar surface area (TPSA) is 4.93 Å². The van der Waals surface area contributed by atoms with Crippen LogP contribution in [0.25, 0.3) is 21.8 Å². The molecule has 1 aromatic heterocycles. The van der Waals surface area contributed by atoms with Crippen LogP contribution in [0.2, 0.25) is 0 Å². The van der Waals surface area contributed by atoms with Gasteiger partial charge in [-0.3, -0.25) is 0 Å². The minimum absolute atomic E-state index is 0.771. The molecule has 3 rings (SSSR count). The van der Waals surface area contributed by atoms with Crippen LogP contribution in [-0.2, 0) is 6.54 Å². The van der Waals surface area contributed by atoms with E-state index >= 15 is 0 Å². The molecule has 0 aliphatic carbocycles. The van der Waals surface area contributed by atoms with Gasteiger partial charge in [0, 0.05) is 34.2 Å². The third-order valence-corrected chi connectivity index (χ3v) is 3.96. The molecule has 0 N–H and O–H groups in total. The number of rotatable bonds is 5. The second-order valence-corrected chi connectivity index (χ2v) is 5.31. The quantitative estimate of drug-likeness (QED) is 0.444. The smallest absolute Gasteiger partial charge is 0.0491 e. The summed E-state index contributed by atoms with van der Waals surface area (Å²) in [6.45, 7) is 1.07. The molecule has 1 nitrogen and oxygen atoms in total. The van der Waals surface area contributed by atoms with Gasteiger partial charge in [-0.25, -0.2) is 0 Å². The summed E-state index contributed by atoms with van der Waals surface area (Å²) in [4.78, 5) is 0.